The lowest BCUT2D eigenvalue weighted by Crippen LogP contribution is -2.52. The molecule has 1 aliphatic carbocycles. The van der Waals surface area contributed by atoms with Gasteiger partial charge in [0.2, 0.25) is 18.0 Å². The van der Waals surface area contributed by atoms with E-state index in [1.54, 1.807) is 6.20 Å². The molecule has 0 bridgehead atoms. The molecule has 0 spiro atoms. The number of nitrogens with one attached hydrogen (secondary N) is 4. The van der Waals surface area contributed by atoms with Crippen LogP contribution in [0, 0.1) is 17.8 Å². The van der Waals surface area contributed by atoms with E-state index >= 15 is 0 Å². The van der Waals surface area contributed by atoms with Crippen LogP contribution in [0.15, 0.2) is 73.1 Å². The van der Waals surface area contributed by atoms with Crippen molar-refractivity contribution < 1.29 is 38.1 Å². The third-order valence-corrected chi connectivity index (χ3v) is 14.9. The Balaban J connectivity index is 0.909. The zero-order valence-electron chi connectivity index (χ0n) is 40.3. The van der Waals surface area contributed by atoms with Crippen LogP contribution in [-0.4, -0.2) is 104 Å². The molecule has 4 N–H and O–H groups in total. The number of hydrogen-bond acceptors (Lipinski definition) is 10. The second kappa shape index (κ2) is 17.9. The molecule has 3 fully saturated rings. The van der Waals surface area contributed by atoms with Gasteiger partial charge in [-0.05, 0) is 98.2 Å². The summed E-state index contributed by atoms with van der Waals surface area (Å²) < 4.78 is 25.2. The normalized spacial score (nSPS) is 21.8. The highest BCUT2D eigenvalue weighted by molar-refractivity contribution is 5.93. The SMILES string of the molecule is COC(=O)N[C@H](C(=O)N1CCC[C@H]1c1ncc(-c2ccc3c(c2)OC(c2ccc4c(c2)OCCC4)n2c-3cc3cc(-c4cnc([C@@H]5C[C@H]6CC6N5C(=O)[C@@H](NC(=O)OC)C(C)C)[nH]4)ccc32)[nH]1)C(C)C. The van der Waals surface area contributed by atoms with E-state index in [0.29, 0.717) is 30.6 Å². The molecule has 70 heavy (non-hydrogen) atoms. The molecule has 3 aromatic heterocycles. The van der Waals surface area contributed by atoms with Crippen LogP contribution in [0.1, 0.15) is 101 Å². The Morgan fingerprint density at radius 2 is 1.44 bits per heavy atom. The Morgan fingerprint density at radius 1 is 0.757 bits per heavy atom. The van der Waals surface area contributed by atoms with E-state index < -0.39 is 30.5 Å². The van der Waals surface area contributed by atoms with Crippen molar-refractivity contribution in [3.63, 3.8) is 0 Å². The van der Waals surface area contributed by atoms with Crippen molar-refractivity contribution in [2.24, 2.45) is 17.8 Å². The van der Waals surface area contributed by atoms with Crippen LogP contribution in [0.2, 0.25) is 0 Å². The number of carbonyl (C=O) groups excluding carboxylic acids is 4. The van der Waals surface area contributed by atoms with Crippen molar-refractivity contribution in [3.05, 3.63) is 95.8 Å². The number of alkyl carbamates (subject to hydrolysis) is 2. The summed E-state index contributed by atoms with van der Waals surface area (Å²) >= 11 is 0. The molecule has 7 heterocycles. The van der Waals surface area contributed by atoms with E-state index in [0.717, 1.165) is 100 Å². The highest BCUT2D eigenvalue weighted by Gasteiger charge is 2.56. The molecule has 4 aliphatic heterocycles. The first-order valence-corrected chi connectivity index (χ1v) is 24.5. The predicted molar refractivity (Wildman–Crippen MR) is 260 cm³/mol. The summed E-state index contributed by atoms with van der Waals surface area (Å²) in [6, 6.07) is 19.4. The second-order valence-corrected chi connectivity index (χ2v) is 20.0. The number of aromatic nitrogens is 5. The van der Waals surface area contributed by atoms with E-state index in [4.69, 9.17) is 28.9 Å². The van der Waals surface area contributed by atoms with Gasteiger partial charge >= 0.3 is 12.2 Å². The molecule has 2 unspecified atom stereocenters. The number of carbonyl (C=O) groups is 4. The minimum atomic E-state index is -0.727. The van der Waals surface area contributed by atoms with Gasteiger partial charge in [-0.25, -0.2) is 19.6 Å². The molecule has 2 saturated heterocycles. The molecule has 364 valence electrons. The zero-order valence-corrected chi connectivity index (χ0v) is 40.3. The van der Waals surface area contributed by atoms with Crippen LogP contribution in [0.5, 0.6) is 11.5 Å². The number of likely N-dealkylation sites (tertiary alicyclic amines) is 2. The number of amides is 4. The summed E-state index contributed by atoms with van der Waals surface area (Å²) in [7, 11) is 2.60. The fourth-order valence-electron chi connectivity index (χ4n) is 11.1. The van der Waals surface area contributed by atoms with Crippen molar-refractivity contribution in [2.75, 3.05) is 27.4 Å². The van der Waals surface area contributed by atoms with E-state index in [-0.39, 0.29) is 41.8 Å². The van der Waals surface area contributed by atoms with E-state index in [9.17, 15) is 19.2 Å². The minimum absolute atomic E-state index is 0.116. The number of hydrogen-bond donors (Lipinski definition) is 4. The summed E-state index contributed by atoms with van der Waals surface area (Å²) in [6.07, 6.45) is 7.14. The van der Waals surface area contributed by atoms with Gasteiger partial charge in [0, 0.05) is 40.2 Å². The first kappa shape index (κ1) is 45.2. The Labute approximate surface area is 405 Å². The largest absolute Gasteiger partial charge is 0.493 e. The lowest BCUT2D eigenvalue weighted by molar-refractivity contribution is -0.137. The van der Waals surface area contributed by atoms with Crippen LogP contribution < -0.4 is 20.1 Å². The maximum atomic E-state index is 14.1. The summed E-state index contributed by atoms with van der Waals surface area (Å²) in [4.78, 5) is 72.9. The second-order valence-electron chi connectivity index (χ2n) is 20.0. The van der Waals surface area contributed by atoms with Gasteiger partial charge in [0.05, 0.1) is 67.9 Å². The number of fused-ring (bicyclic) bond motifs is 7. The first-order chi connectivity index (χ1) is 33.9. The number of ether oxygens (including phenoxy) is 4. The molecular weight excluding hydrogens is 891 g/mol. The molecule has 0 radical (unpaired) electrons. The molecule has 17 heteroatoms. The Kier molecular flexibility index (Phi) is 11.5. The number of piperidine rings is 1. The van der Waals surface area contributed by atoms with Crippen molar-refractivity contribution in [1.82, 2.24) is 44.9 Å². The quantitative estimate of drug-likeness (QED) is 0.0978. The molecule has 4 amide bonds. The van der Waals surface area contributed by atoms with E-state index in [1.165, 1.54) is 19.8 Å². The smallest absolute Gasteiger partial charge is 0.407 e. The van der Waals surface area contributed by atoms with Gasteiger partial charge in [-0.15, -0.1) is 0 Å². The predicted octanol–water partition coefficient (Wildman–Crippen LogP) is 8.44. The van der Waals surface area contributed by atoms with Gasteiger partial charge in [-0.2, -0.15) is 0 Å². The Hall–Kier alpha value is -7.30. The lowest BCUT2D eigenvalue weighted by atomic mass is 10.0. The zero-order chi connectivity index (χ0) is 48.5. The maximum absolute atomic E-state index is 14.1. The Bertz CT molecular complexity index is 3030. The molecule has 3 aromatic carbocycles. The van der Waals surface area contributed by atoms with Crippen molar-refractivity contribution in [3.8, 4) is 45.3 Å². The Morgan fingerprint density at radius 3 is 2.16 bits per heavy atom. The van der Waals surface area contributed by atoms with Gasteiger partial charge < -0.3 is 53.9 Å². The maximum Gasteiger partial charge on any atom is 0.407 e. The monoisotopic (exact) mass is 949 g/mol. The topological polar surface area (TPSA) is 198 Å². The minimum Gasteiger partial charge on any atom is -0.493 e. The molecule has 17 nitrogen and oxygen atoms in total. The van der Waals surface area contributed by atoms with Crippen LogP contribution in [-0.2, 0) is 25.5 Å². The van der Waals surface area contributed by atoms with Crippen LogP contribution in [0.4, 0.5) is 9.59 Å². The summed E-state index contributed by atoms with van der Waals surface area (Å²) in [5.41, 5.74) is 8.55. The third kappa shape index (κ3) is 7.98. The lowest BCUT2D eigenvalue weighted by Gasteiger charge is -2.31. The standard InChI is InChI=1S/C53H59N9O8/c1-27(2)45(58-52(65)67-5)49(63)60-17-7-10-39(60)47-54-26-37(56-47)31-13-15-35-41-21-33-19-30(14-16-38(33)62(41)51(70-44(35)23-31)32-12-11-29-9-8-18-69-43(29)24-32)36-25-55-48(57-36)42-22-34-20-40(34)61(42)50(64)46(28(3)4)59-53(66)68-6/h11-16,19,21,23-28,34,39-40,42,45-46,51H,7-10,17-18,20,22H2,1-6H3,(H,54,56)(H,55,57)(H,58,65)(H,59,66)/t34-,39+,40?,42+,45+,46+,51?/m1/s1. The van der Waals surface area contributed by atoms with Crippen LogP contribution >= 0.6 is 0 Å². The van der Waals surface area contributed by atoms with E-state index in [1.807, 2.05) is 43.7 Å². The van der Waals surface area contributed by atoms with Crippen molar-refractivity contribution >= 4 is 34.9 Å². The molecule has 1 saturated carbocycles. The number of benzene rings is 3. The fourth-order valence-corrected chi connectivity index (χ4v) is 11.1. The summed E-state index contributed by atoms with van der Waals surface area (Å²) in [5.74, 6) is 2.88. The first-order valence-electron chi connectivity index (χ1n) is 24.5. The van der Waals surface area contributed by atoms with Crippen LogP contribution in [0.3, 0.4) is 0 Å². The highest BCUT2D eigenvalue weighted by Crippen LogP contribution is 2.54. The van der Waals surface area contributed by atoms with Gasteiger partial charge in [0.25, 0.3) is 0 Å². The average Bonchev–Trinajstić information content (AvgIpc) is 4.04. The molecule has 6 aromatic rings. The number of aryl methyl sites for hydroxylation is 1. The number of H-pyrrole nitrogens is 2. The van der Waals surface area contributed by atoms with Crippen molar-refractivity contribution in [2.45, 2.75) is 103 Å². The van der Waals surface area contributed by atoms with Gasteiger partial charge in [-0.3, -0.25) is 9.59 Å². The molecule has 7 atom stereocenters. The molecular formula is C53H59N9O8. The van der Waals surface area contributed by atoms with Crippen molar-refractivity contribution in [1.29, 1.82) is 0 Å². The number of aromatic amines is 2. The number of methoxy groups -OCH3 is 2. The highest BCUT2D eigenvalue weighted by atomic mass is 16.5. The summed E-state index contributed by atoms with van der Waals surface area (Å²) in [6.45, 7) is 8.89. The van der Waals surface area contributed by atoms with Crippen LogP contribution in [0.25, 0.3) is 44.7 Å². The summed E-state index contributed by atoms with van der Waals surface area (Å²) in [5, 5.41) is 6.51. The van der Waals surface area contributed by atoms with Gasteiger partial charge in [-0.1, -0.05) is 52.0 Å². The average molecular weight is 950 g/mol. The fraction of sp³-hybridized carbons (Fsp3) is 0.434. The molecule has 5 aliphatic rings. The van der Waals surface area contributed by atoms with E-state index in [2.05, 4.69) is 85.8 Å². The third-order valence-electron chi connectivity index (χ3n) is 14.9. The number of rotatable bonds is 11. The van der Waals surface area contributed by atoms with Gasteiger partial charge in [0.15, 0.2) is 0 Å². The molecule has 11 rings (SSSR count). The number of imidazole rings is 2. The van der Waals surface area contributed by atoms with Gasteiger partial charge in [0.1, 0.15) is 35.2 Å². The number of nitrogens with zero attached hydrogens (tertiary/aromatic N) is 5.